The van der Waals surface area contributed by atoms with E-state index in [0.717, 1.165) is 38.0 Å². The Morgan fingerprint density at radius 1 is 1.26 bits per heavy atom. The molecule has 1 aromatic rings. The summed E-state index contributed by atoms with van der Waals surface area (Å²) < 4.78 is 12.9. The molecular formula is C15H25FN2O. The van der Waals surface area contributed by atoms with Crippen LogP contribution in [0, 0.1) is 5.82 Å². The Balaban J connectivity index is 2.39. The van der Waals surface area contributed by atoms with E-state index >= 15 is 0 Å². The molecule has 19 heavy (non-hydrogen) atoms. The van der Waals surface area contributed by atoms with Crippen molar-refractivity contribution in [2.45, 2.75) is 38.6 Å². The average molecular weight is 268 g/mol. The van der Waals surface area contributed by atoms with Crippen LogP contribution in [0.3, 0.4) is 0 Å². The van der Waals surface area contributed by atoms with E-state index in [1.807, 2.05) is 6.92 Å². The van der Waals surface area contributed by atoms with Crippen molar-refractivity contribution in [2.75, 3.05) is 24.6 Å². The van der Waals surface area contributed by atoms with Gasteiger partial charge in [0.25, 0.3) is 0 Å². The van der Waals surface area contributed by atoms with Gasteiger partial charge >= 0.3 is 0 Å². The van der Waals surface area contributed by atoms with Gasteiger partial charge in [0.2, 0.25) is 0 Å². The normalized spacial score (nSPS) is 14.2. The second-order valence-electron chi connectivity index (χ2n) is 5.33. The van der Waals surface area contributed by atoms with E-state index in [2.05, 4.69) is 11.8 Å². The Morgan fingerprint density at radius 3 is 2.42 bits per heavy atom. The number of hydrogen-bond donors (Lipinski definition) is 2. The van der Waals surface area contributed by atoms with E-state index in [9.17, 15) is 4.39 Å². The molecule has 1 unspecified atom stereocenters. The zero-order valence-corrected chi connectivity index (χ0v) is 11.9. The molecule has 1 rings (SSSR count). The fourth-order valence-corrected chi connectivity index (χ4v) is 2.03. The summed E-state index contributed by atoms with van der Waals surface area (Å²) in [5.74, 6) is -0.207. The molecule has 0 bridgehead atoms. The molecule has 0 aromatic heterocycles. The minimum atomic E-state index is -0.479. The van der Waals surface area contributed by atoms with Crippen LogP contribution in [0.1, 0.15) is 33.1 Å². The van der Waals surface area contributed by atoms with Crippen molar-refractivity contribution in [1.29, 1.82) is 0 Å². The molecule has 0 saturated carbocycles. The maximum Gasteiger partial charge on any atom is 0.123 e. The lowest BCUT2D eigenvalue weighted by Crippen LogP contribution is -2.40. The van der Waals surface area contributed by atoms with E-state index in [0.29, 0.717) is 0 Å². The summed E-state index contributed by atoms with van der Waals surface area (Å²) in [7, 11) is 0. The zero-order valence-electron chi connectivity index (χ0n) is 11.9. The lowest BCUT2D eigenvalue weighted by molar-refractivity contribution is 0.197. The van der Waals surface area contributed by atoms with E-state index in [4.69, 9.17) is 10.8 Å². The van der Waals surface area contributed by atoms with Gasteiger partial charge in [-0.2, -0.15) is 0 Å². The number of aliphatic hydroxyl groups excluding tert-OH is 1. The number of rotatable bonds is 8. The predicted octanol–water partition coefficient (Wildman–Crippen LogP) is 2.53. The van der Waals surface area contributed by atoms with Gasteiger partial charge in [-0.15, -0.1) is 0 Å². The molecule has 0 fully saturated rings. The van der Waals surface area contributed by atoms with Gasteiger partial charge in [0.15, 0.2) is 0 Å². The molecule has 0 aliphatic rings. The quantitative estimate of drug-likeness (QED) is 0.712. The Morgan fingerprint density at radius 2 is 1.89 bits per heavy atom. The molecule has 1 atom stereocenters. The largest absolute Gasteiger partial charge is 0.394 e. The molecule has 0 radical (unpaired) electrons. The lowest BCUT2D eigenvalue weighted by Gasteiger charge is -2.25. The summed E-state index contributed by atoms with van der Waals surface area (Å²) in [6, 6.07) is 6.58. The number of hydrogen-bond acceptors (Lipinski definition) is 3. The first kappa shape index (κ1) is 15.9. The van der Waals surface area contributed by atoms with Gasteiger partial charge in [0.05, 0.1) is 6.61 Å². The molecule has 4 heteroatoms. The summed E-state index contributed by atoms with van der Waals surface area (Å²) >= 11 is 0. The molecule has 0 amide bonds. The number of halogens is 1. The van der Waals surface area contributed by atoms with Crippen LogP contribution in [0.25, 0.3) is 0 Å². The van der Waals surface area contributed by atoms with Crippen LogP contribution < -0.4 is 10.6 Å². The van der Waals surface area contributed by atoms with Gasteiger partial charge in [-0.05, 0) is 57.4 Å². The van der Waals surface area contributed by atoms with E-state index in [1.165, 1.54) is 12.1 Å². The summed E-state index contributed by atoms with van der Waals surface area (Å²) in [5, 5.41) is 9.08. The van der Waals surface area contributed by atoms with Crippen LogP contribution in [0.2, 0.25) is 0 Å². The number of benzene rings is 1. The molecule has 0 aliphatic carbocycles. The van der Waals surface area contributed by atoms with Crippen molar-refractivity contribution < 1.29 is 9.50 Å². The molecule has 0 heterocycles. The third kappa shape index (κ3) is 5.57. The van der Waals surface area contributed by atoms with E-state index in [-0.39, 0.29) is 12.4 Å². The average Bonchev–Trinajstić information content (AvgIpc) is 2.40. The summed E-state index contributed by atoms with van der Waals surface area (Å²) in [6.45, 7) is 5.78. The van der Waals surface area contributed by atoms with Crippen molar-refractivity contribution in [1.82, 2.24) is 0 Å². The standard InChI is InChI=1S/C15H25FN2O/c1-3-18(14-8-6-13(16)7-9-14)11-5-4-10-15(2,17)12-19/h6-9,19H,3-5,10-12,17H2,1-2H3. The highest BCUT2D eigenvalue weighted by atomic mass is 19.1. The topological polar surface area (TPSA) is 49.5 Å². The maximum atomic E-state index is 12.9. The smallest absolute Gasteiger partial charge is 0.123 e. The summed E-state index contributed by atoms with van der Waals surface area (Å²) in [4.78, 5) is 2.21. The number of nitrogens with zero attached hydrogens (tertiary/aromatic N) is 1. The van der Waals surface area contributed by atoms with Crippen molar-refractivity contribution in [3.8, 4) is 0 Å². The number of unbranched alkanes of at least 4 members (excludes halogenated alkanes) is 1. The third-order valence-electron chi connectivity index (χ3n) is 3.36. The van der Waals surface area contributed by atoms with Gasteiger partial charge in [-0.1, -0.05) is 0 Å². The second kappa shape index (κ2) is 7.46. The van der Waals surface area contributed by atoms with Gasteiger partial charge in [-0.3, -0.25) is 0 Å². The molecule has 0 saturated heterocycles. The second-order valence-corrected chi connectivity index (χ2v) is 5.33. The summed E-state index contributed by atoms with van der Waals surface area (Å²) in [6.07, 6.45) is 2.80. The van der Waals surface area contributed by atoms with Crippen molar-refractivity contribution in [3.63, 3.8) is 0 Å². The first-order valence-electron chi connectivity index (χ1n) is 6.89. The maximum absolute atomic E-state index is 12.9. The van der Waals surface area contributed by atoms with Crippen LogP contribution in [-0.4, -0.2) is 30.3 Å². The van der Waals surface area contributed by atoms with Gasteiger partial charge in [-0.25, -0.2) is 4.39 Å². The molecule has 108 valence electrons. The highest BCUT2D eigenvalue weighted by molar-refractivity contribution is 5.45. The van der Waals surface area contributed by atoms with Crippen LogP contribution >= 0.6 is 0 Å². The first-order chi connectivity index (χ1) is 8.98. The minimum absolute atomic E-state index is 0.0163. The molecule has 3 nitrogen and oxygen atoms in total. The number of anilines is 1. The molecule has 0 aliphatic heterocycles. The van der Waals surface area contributed by atoms with Crippen LogP contribution in [0.15, 0.2) is 24.3 Å². The first-order valence-corrected chi connectivity index (χ1v) is 6.89. The Bertz CT molecular complexity index is 365. The van der Waals surface area contributed by atoms with Gasteiger partial charge in [0.1, 0.15) is 5.82 Å². The Hall–Kier alpha value is -1.13. The highest BCUT2D eigenvalue weighted by Gasteiger charge is 2.16. The predicted molar refractivity (Wildman–Crippen MR) is 77.8 cm³/mol. The van der Waals surface area contributed by atoms with Crippen LogP contribution in [0.5, 0.6) is 0 Å². The highest BCUT2D eigenvalue weighted by Crippen LogP contribution is 2.16. The van der Waals surface area contributed by atoms with Gasteiger partial charge < -0.3 is 15.7 Å². The fourth-order valence-electron chi connectivity index (χ4n) is 2.03. The molecule has 1 aromatic carbocycles. The van der Waals surface area contributed by atoms with Crippen molar-refractivity contribution >= 4 is 5.69 Å². The monoisotopic (exact) mass is 268 g/mol. The molecule has 3 N–H and O–H groups in total. The Kier molecular flexibility index (Phi) is 6.25. The van der Waals surface area contributed by atoms with Crippen molar-refractivity contribution in [3.05, 3.63) is 30.1 Å². The molecule has 0 spiro atoms. The van der Waals surface area contributed by atoms with Crippen molar-refractivity contribution in [2.24, 2.45) is 5.73 Å². The van der Waals surface area contributed by atoms with Crippen LogP contribution in [-0.2, 0) is 0 Å². The molecular weight excluding hydrogens is 243 g/mol. The fraction of sp³-hybridized carbons (Fsp3) is 0.600. The van der Waals surface area contributed by atoms with Gasteiger partial charge in [0, 0.05) is 24.3 Å². The lowest BCUT2D eigenvalue weighted by atomic mass is 9.97. The SMILES string of the molecule is CCN(CCCCC(C)(N)CO)c1ccc(F)cc1. The van der Waals surface area contributed by atoms with E-state index < -0.39 is 5.54 Å². The van der Waals surface area contributed by atoms with E-state index in [1.54, 1.807) is 12.1 Å². The summed E-state index contributed by atoms with van der Waals surface area (Å²) in [5.41, 5.74) is 6.45. The Labute approximate surface area is 115 Å². The third-order valence-corrected chi connectivity index (χ3v) is 3.36. The zero-order chi connectivity index (χ0) is 14.3. The minimum Gasteiger partial charge on any atom is -0.394 e. The number of aliphatic hydroxyl groups is 1. The van der Waals surface area contributed by atoms with Crippen LogP contribution in [0.4, 0.5) is 10.1 Å². The number of nitrogens with two attached hydrogens (primary N) is 1.